The number of fused-ring (bicyclic) bond motifs is 1. The topological polar surface area (TPSA) is 67.0 Å². The average Bonchev–Trinajstić information content (AvgIpc) is 3.17. The molecule has 0 unspecified atom stereocenters. The molecular weight excluding hydrogens is 322 g/mol. The molecule has 2 heterocycles. The van der Waals surface area contributed by atoms with Crippen LogP contribution in [0.5, 0.6) is 5.75 Å². The van der Waals surface area contributed by atoms with Gasteiger partial charge in [-0.05, 0) is 50.3 Å². The van der Waals surface area contributed by atoms with Crippen LogP contribution in [0.1, 0.15) is 47.8 Å². The van der Waals surface area contributed by atoms with Crippen molar-refractivity contribution in [1.29, 1.82) is 0 Å². The third-order valence-corrected chi connectivity index (χ3v) is 5.95. The molecule has 0 spiro atoms. The number of nitrogens with one attached hydrogen (secondary N) is 2. The molecule has 1 saturated carbocycles. The van der Waals surface area contributed by atoms with Crippen LogP contribution < -0.4 is 10.1 Å². The molecular formula is C18H21N3O2S. The van der Waals surface area contributed by atoms with Gasteiger partial charge in [-0.3, -0.25) is 9.89 Å². The lowest BCUT2D eigenvalue weighted by molar-refractivity contribution is -0.113. The summed E-state index contributed by atoms with van der Waals surface area (Å²) in [5.41, 5.74) is 3.23. The number of carbonyl (C=O) groups excluding carboxylic acids is 1. The molecule has 24 heavy (non-hydrogen) atoms. The monoisotopic (exact) mass is 343 g/mol. The molecule has 2 N–H and O–H groups in total. The second-order valence-electron chi connectivity index (χ2n) is 6.44. The summed E-state index contributed by atoms with van der Waals surface area (Å²) >= 11 is 1.63. The maximum Gasteiger partial charge on any atom is 0.235 e. The van der Waals surface area contributed by atoms with E-state index in [0.717, 1.165) is 29.8 Å². The van der Waals surface area contributed by atoms with E-state index in [-0.39, 0.29) is 11.2 Å². The van der Waals surface area contributed by atoms with Crippen LogP contribution in [0.25, 0.3) is 0 Å². The van der Waals surface area contributed by atoms with E-state index in [1.165, 1.54) is 18.4 Å². The Morgan fingerprint density at radius 2 is 1.96 bits per heavy atom. The van der Waals surface area contributed by atoms with E-state index < -0.39 is 0 Å². The zero-order valence-electron chi connectivity index (χ0n) is 13.7. The summed E-state index contributed by atoms with van der Waals surface area (Å²) in [7, 11) is 0. The molecule has 1 aliphatic heterocycles. The quantitative estimate of drug-likeness (QED) is 0.889. The lowest BCUT2D eigenvalue weighted by atomic mass is 10.0. The van der Waals surface area contributed by atoms with E-state index in [0.29, 0.717) is 17.7 Å². The number of rotatable bonds is 3. The summed E-state index contributed by atoms with van der Waals surface area (Å²) < 4.78 is 6.05. The zero-order chi connectivity index (χ0) is 16.5. The maximum absolute atomic E-state index is 11.9. The molecule has 0 saturated heterocycles. The van der Waals surface area contributed by atoms with Gasteiger partial charge in [-0.25, -0.2) is 0 Å². The molecule has 0 radical (unpaired) electrons. The number of aromatic nitrogens is 2. The number of nitrogens with zero attached hydrogens (tertiary/aromatic N) is 1. The van der Waals surface area contributed by atoms with Gasteiger partial charge in [0.1, 0.15) is 5.75 Å². The predicted molar refractivity (Wildman–Crippen MR) is 95.6 cm³/mol. The number of hydrogen-bond donors (Lipinski definition) is 2. The van der Waals surface area contributed by atoms with Gasteiger partial charge < -0.3 is 10.1 Å². The minimum atomic E-state index is -0.00330. The molecule has 1 atom stereocenters. The summed E-state index contributed by atoms with van der Waals surface area (Å²) in [5.74, 6) is 2.01. The molecule has 1 amide bonds. The lowest BCUT2D eigenvalue weighted by Gasteiger charge is -2.17. The SMILES string of the molecule is Cc1[nH]nc2c1[C@H](c1ccc(OC3CCCC3)cc1)SCC(=O)N2. The summed E-state index contributed by atoms with van der Waals surface area (Å²) in [6.07, 6.45) is 5.22. The number of amides is 1. The fraction of sp³-hybridized carbons (Fsp3) is 0.444. The first kappa shape index (κ1) is 15.6. The number of benzene rings is 1. The van der Waals surface area contributed by atoms with E-state index >= 15 is 0 Å². The Morgan fingerprint density at radius 3 is 2.71 bits per heavy atom. The first-order chi connectivity index (χ1) is 11.7. The van der Waals surface area contributed by atoms with Crippen LogP contribution in [0.4, 0.5) is 5.82 Å². The highest BCUT2D eigenvalue weighted by atomic mass is 32.2. The second-order valence-corrected chi connectivity index (χ2v) is 7.54. The van der Waals surface area contributed by atoms with Crippen molar-refractivity contribution in [3.05, 3.63) is 41.1 Å². The number of anilines is 1. The van der Waals surface area contributed by atoms with Crippen LogP contribution in [-0.4, -0.2) is 28.0 Å². The molecule has 1 aromatic carbocycles. The van der Waals surface area contributed by atoms with Crippen LogP contribution >= 0.6 is 11.8 Å². The largest absolute Gasteiger partial charge is 0.490 e. The van der Waals surface area contributed by atoms with Crippen molar-refractivity contribution in [2.45, 2.75) is 44.0 Å². The Hall–Kier alpha value is -1.95. The van der Waals surface area contributed by atoms with Crippen LogP contribution in [0.3, 0.4) is 0 Å². The van der Waals surface area contributed by atoms with E-state index in [9.17, 15) is 4.79 Å². The molecule has 2 aromatic rings. The van der Waals surface area contributed by atoms with Crippen molar-refractivity contribution in [2.24, 2.45) is 0 Å². The van der Waals surface area contributed by atoms with E-state index in [4.69, 9.17) is 4.74 Å². The molecule has 0 bridgehead atoms. The molecule has 1 aliphatic carbocycles. The van der Waals surface area contributed by atoms with Gasteiger partial charge in [-0.2, -0.15) is 5.10 Å². The lowest BCUT2D eigenvalue weighted by Crippen LogP contribution is -2.12. The normalized spacial score (nSPS) is 21.2. The van der Waals surface area contributed by atoms with E-state index in [2.05, 4.69) is 27.6 Å². The van der Waals surface area contributed by atoms with Crippen LogP contribution in [0, 0.1) is 6.92 Å². The summed E-state index contributed by atoms with van der Waals surface area (Å²) in [6.45, 7) is 1.99. The van der Waals surface area contributed by atoms with Crippen molar-refractivity contribution < 1.29 is 9.53 Å². The first-order valence-electron chi connectivity index (χ1n) is 8.43. The minimum Gasteiger partial charge on any atom is -0.490 e. The molecule has 1 fully saturated rings. The van der Waals surface area contributed by atoms with Gasteiger partial charge in [0.15, 0.2) is 5.82 Å². The van der Waals surface area contributed by atoms with Crippen LogP contribution in [-0.2, 0) is 4.79 Å². The van der Waals surface area contributed by atoms with Gasteiger partial charge in [0.05, 0.1) is 17.1 Å². The Balaban J connectivity index is 1.58. The number of aromatic amines is 1. The highest BCUT2D eigenvalue weighted by Gasteiger charge is 2.28. The summed E-state index contributed by atoms with van der Waals surface area (Å²) in [5, 5.41) is 10.2. The van der Waals surface area contributed by atoms with E-state index in [1.54, 1.807) is 11.8 Å². The standard InChI is InChI=1S/C18H21N3O2S/c1-11-16-17(24-10-15(22)19-18(16)21-20-11)12-6-8-14(9-7-12)23-13-4-2-3-5-13/h6-9,13,17H,2-5,10H2,1H3,(H2,19,20,21,22)/t17-/m0/s1. The minimum absolute atomic E-state index is 0.00330. The highest BCUT2D eigenvalue weighted by Crippen LogP contribution is 2.42. The Labute approximate surface area is 145 Å². The second kappa shape index (κ2) is 6.51. The van der Waals surface area contributed by atoms with Crippen LogP contribution in [0.15, 0.2) is 24.3 Å². The third-order valence-electron chi connectivity index (χ3n) is 4.68. The maximum atomic E-state index is 11.9. The average molecular weight is 343 g/mol. The van der Waals surface area contributed by atoms with Crippen molar-refractivity contribution >= 4 is 23.5 Å². The van der Waals surface area contributed by atoms with Crippen molar-refractivity contribution in [1.82, 2.24) is 10.2 Å². The zero-order valence-corrected chi connectivity index (χ0v) is 14.5. The van der Waals surface area contributed by atoms with Gasteiger partial charge >= 0.3 is 0 Å². The van der Waals surface area contributed by atoms with Gasteiger partial charge in [-0.1, -0.05) is 12.1 Å². The molecule has 4 rings (SSSR count). The van der Waals surface area contributed by atoms with Crippen molar-refractivity contribution in [3.63, 3.8) is 0 Å². The number of aryl methyl sites for hydroxylation is 1. The Bertz CT molecular complexity index is 735. The van der Waals surface area contributed by atoms with Gasteiger partial charge in [0, 0.05) is 11.3 Å². The van der Waals surface area contributed by atoms with Gasteiger partial charge in [-0.15, -0.1) is 11.8 Å². The summed E-state index contributed by atoms with van der Waals surface area (Å²) in [4.78, 5) is 11.9. The third kappa shape index (κ3) is 3.02. The van der Waals surface area contributed by atoms with Gasteiger partial charge in [0.2, 0.25) is 5.91 Å². The molecule has 126 valence electrons. The number of H-pyrrole nitrogens is 1. The van der Waals surface area contributed by atoms with Crippen molar-refractivity contribution in [3.8, 4) is 5.75 Å². The fourth-order valence-corrected chi connectivity index (χ4v) is 4.64. The number of hydrogen-bond acceptors (Lipinski definition) is 4. The molecule has 1 aromatic heterocycles. The fourth-order valence-electron chi connectivity index (χ4n) is 3.45. The molecule has 5 nitrogen and oxygen atoms in total. The summed E-state index contributed by atoms with van der Waals surface area (Å²) in [6, 6.07) is 8.30. The van der Waals surface area contributed by atoms with Gasteiger partial charge in [0.25, 0.3) is 0 Å². The van der Waals surface area contributed by atoms with Crippen molar-refractivity contribution in [2.75, 3.05) is 11.1 Å². The number of thioether (sulfide) groups is 1. The smallest absolute Gasteiger partial charge is 0.235 e. The van der Waals surface area contributed by atoms with E-state index in [1.807, 2.05) is 19.1 Å². The Morgan fingerprint density at radius 1 is 1.21 bits per heavy atom. The number of ether oxygens (including phenoxy) is 1. The molecule has 2 aliphatic rings. The predicted octanol–water partition coefficient (Wildman–Crippen LogP) is 3.81. The van der Waals surface area contributed by atoms with Crippen LogP contribution in [0.2, 0.25) is 0 Å². The number of carbonyl (C=O) groups is 1. The highest BCUT2D eigenvalue weighted by molar-refractivity contribution is 8.00. The Kier molecular flexibility index (Phi) is 4.22. The molecule has 6 heteroatoms. The first-order valence-corrected chi connectivity index (χ1v) is 9.48.